The Kier molecular flexibility index (Phi) is 4.33. The Morgan fingerprint density at radius 2 is 2.08 bits per heavy atom. The van der Waals surface area contributed by atoms with E-state index in [0.717, 1.165) is 31.5 Å². The molecule has 1 aromatic carbocycles. The Morgan fingerprint density at radius 1 is 1.38 bits per heavy atom. The topological polar surface area (TPSA) is 87.3 Å². The third kappa shape index (κ3) is 2.77. The Labute approximate surface area is 139 Å². The lowest BCUT2D eigenvalue weighted by molar-refractivity contribution is -0.384. The summed E-state index contributed by atoms with van der Waals surface area (Å²) in [6.45, 7) is 1.74. The van der Waals surface area contributed by atoms with Crippen molar-refractivity contribution in [1.29, 1.82) is 0 Å². The van der Waals surface area contributed by atoms with Crippen molar-refractivity contribution in [3.63, 3.8) is 0 Å². The first-order valence-electron chi connectivity index (χ1n) is 7.94. The van der Waals surface area contributed by atoms with Gasteiger partial charge in [-0.3, -0.25) is 14.7 Å². The van der Waals surface area contributed by atoms with E-state index >= 15 is 0 Å². The lowest BCUT2D eigenvalue weighted by Gasteiger charge is -2.14. The number of hydrogen-bond acceptors (Lipinski definition) is 5. The molecule has 0 radical (unpaired) electrons. The summed E-state index contributed by atoms with van der Waals surface area (Å²) >= 11 is 0. The second kappa shape index (κ2) is 6.43. The number of methoxy groups -OCH3 is 1. The molecule has 3 rings (SSSR count). The zero-order chi connectivity index (χ0) is 17.3. The monoisotopic (exact) mass is 329 g/mol. The minimum Gasteiger partial charge on any atom is -0.465 e. The van der Waals surface area contributed by atoms with Crippen molar-refractivity contribution in [2.75, 3.05) is 7.11 Å². The third-order valence-corrected chi connectivity index (χ3v) is 4.57. The predicted molar refractivity (Wildman–Crippen MR) is 87.5 cm³/mol. The van der Waals surface area contributed by atoms with Crippen LogP contribution in [0.25, 0.3) is 5.69 Å². The molecule has 2 aromatic rings. The standard InChI is InChI=1S/C17H19N3O4/c1-11-9-14(15(20(22)23)10-13(11)17(21)24-2)19-8-7-18-16(19)12-5-3-4-6-12/h7-10,12H,3-6H2,1-2H3. The fourth-order valence-corrected chi connectivity index (χ4v) is 3.36. The zero-order valence-electron chi connectivity index (χ0n) is 13.7. The van der Waals surface area contributed by atoms with Gasteiger partial charge in [-0.1, -0.05) is 12.8 Å². The number of aryl methyl sites for hydroxylation is 1. The summed E-state index contributed by atoms with van der Waals surface area (Å²) in [6, 6.07) is 2.94. The SMILES string of the molecule is COC(=O)c1cc([N+](=O)[O-])c(-n2ccnc2C2CCCC2)cc1C. The van der Waals surface area contributed by atoms with Gasteiger partial charge >= 0.3 is 5.97 Å². The molecule has 0 aliphatic heterocycles. The molecule has 1 aliphatic rings. The van der Waals surface area contributed by atoms with Gasteiger partial charge in [-0.25, -0.2) is 9.78 Å². The van der Waals surface area contributed by atoms with Gasteiger partial charge in [0, 0.05) is 24.4 Å². The third-order valence-electron chi connectivity index (χ3n) is 4.57. The van der Waals surface area contributed by atoms with Crippen LogP contribution in [0.15, 0.2) is 24.5 Å². The highest BCUT2D eigenvalue weighted by molar-refractivity contribution is 5.92. The van der Waals surface area contributed by atoms with E-state index in [9.17, 15) is 14.9 Å². The molecule has 0 unspecified atom stereocenters. The Morgan fingerprint density at radius 3 is 2.71 bits per heavy atom. The van der Waals surface area contributed by atoms with E-state index in [1.165, 1.54) is 13.2 Å². The molecular weight excluding hydrogens is 310 g/mol. The van der Waals surface area contributed by atoms with Gasteiger partial charge in [0.15, 0.2) is 0 Å². The lowest BCUT2D eigenvalue weighted by Crippen LogP contribution is -2.10. The van der Waals surface area contributed by atoms with Crippen LogP contribution in [0, 0.1) is 17.0 Å². The summed E-state index contributed by atoms with van der Waals surface area (Å²) in [5, 5.41) is 11.5. The maximum atomic E-state index is 11.8. The Bertz CT molecular complexity index is 791. The molecule has 24 heavy (non-hydrogen) atoms. The molecular formula is C17H19N3O4. The number of nitro groups is 1. The fraction of sp³-hybridized carbons (Fsp3) is 0.412. The molecule has 0 spiro atoms. The van der Waals surface area contributed by atoms with Gasteiger partial charge in [0.05, 0.1) is 17.6 Å². The summed E-state index contributed by atoms with van der Waals surface area (Å²) in [6.07, 6.45) is 7.81. The van der Waals surface area contributed by atoms with Crippen LogP contribution in [-0.4, -0.2) is 27.6 Å². The highest BCUT2D eigenvalue weighted by Crippen LogP contribution is 2.36. The smallest absolute Gasteiger partial charge is 0.338 e. The average Bonchev–Trinajstić information content (AvgIpc) is 3.24. The van der Waals surface area contributed by atoms with Crippen LogP contribution in [0.4, 0.5) is 5.69 Å². The molecule has 7 heteroatoms. The van der Waals surface area contributed by atoms with Gasteiger partial charge in [-0.15, -0.1) is 0 Å². The maximum Gasteiger partial charge on any atom is 0.338 e. The van der Waals surface area contributed by atoms with Gasteiger partial charge in [0.1, 0.15) is 11.5 Å². The molecule has 0 N–H and O–H groups in total. The van der Waals surface area contributed by atoms with E-state index in [1.807, 2.05) is 0 Å². The van der Waals surface area contributed by atoms with Gasteiger partial charge in [-0.05, 0) is 31.4 Å². The number of nitro benzene ring substituents is 1. The van der Waals surface area contributed by atoms with Crippen molar-refractivity contribution in [3.05, 3.63) is 51.6 Å². The zero-order valence-corrected chi connectivity index (χ0v) is 13.7. The van der Waals surface area contributed by atoms with Crippen LogP contribution in [0.3, 0.4) is 0 Å². The lowest BCUT2D eigenvalue weighted by atomic mass is 10.0. The summed E-state index contributed by atoms with van der Waals surface area (Å²) in [5.41, 5.74) is 1.15. The summed E-state index contributed by atoms with van der Waals surface area (Å²) in [7, 11) is 1.26. The number of esters is 1. The van der Waals surface area contributed by atoms with Crippen LogP contribution in [0.1, 0.15) is 53.3 Å². The number of aromatic nitrogens is 2. The van der Waals surface area contributed by atoms with E-state index in [4.69, 9.17) is 4.74 Å². The average molecular weight is 329 g/mol. The van der Waals surface area contributed by atoms with Crippen molar-refractivity contribution in [1.82, 2.24) is 9.55 Å². The van der Waals surface area contributed by atoms with Crippen molar-refractivity contribution in [2.24, 2.45) is 0 Å². The number of imidazole rings is 1. The molecule has 7 nitrogen and oxygen atoms in total. The van der Waals surface area contributed by atoms with Crippen molar-refractivity contribution >= 4 is 11.7 Å². The van der Waals surface area contributed by atoms with Gasteiger partial charge in [0.25, 0.3) is 5.69 Å². The first-order valence-corrected chi connectivity index (χ1v) is 7.94. The number of carbonyl (C=O) groups is 1. The summed E-state index contributed by atoms with van der Waals surface area (Å²) in [5.74, 6) is 0.588. The molecule has 1 aromatic heterocycles. The molecule has 1 heterocycles. The highest BCUT2D eigenvalue weighted by atomic mass is 16.6. The molecule has 0 bridgehead atoms. The molecule has 1 aliphatic carbocycles. The van der Waals surface area contributed by atoms with E-state index < -0.39 is 10.9 Å². The minimum atomic E-state index is -0.580. The van der Waals surface area contributed by atoms with Gasteiger partial charge in [0.2, 0.25) is 0 Å². The first kappa shape index (κ1) is 16.2. The quantitative estimate of drug-likeness (QED) is 0.486. The molecule has 0 saturated heterocycles. The van der Waals surface area contributed by atoms with Crippen molar-refractivity contribution in [2.45, 2.75) is 38.5 Å². The summed E-state index contributed by atoms with van der Waals surface area (Å²) < 4.78 is 6.49. The normalized spacial score (nSPS) is 14.8. The van der Waals surface area contributed by atoms with Crippen molar-refractivity contribution < 1.29 is 14.5 Å². The molecule has 1 fully saturated rings. The van der Waals surface area contributed by atoms with E-state index in [2.05, 4.69) is 4.98 Å². The molecule has 0 amide bonds. The van der Waals surface area contributed by atoms with Crippen LogP contribution in [-0.2, 0) is 4.74 Å². The number of benzene rings is 1. The predicted octanol–water partition coefficient (Wildman–Crippen LogP) is 3.53. The number of carbonyl (C=O) groups excluding carboxylic acids is 1. The van der Waals surface area contributed by atoms with Crippen LogP contribution < -0.4 is 0 Å². The largest absolute Gasteiger partial charge is 0.465 e. The Hall–Kier alpha value is -2.70. The number of rotatable bonds is 4. The number of hydrogen-bond donors (Lipinski definition) is 0. The second-order valence-electron chi connectivity index (χ2n) is 6.04. The highest BCUT2D eigenvalue weighted by Gasteiger charge is 2.27. The fourth-order valence-electron chi connectivity index (χ4n) is 3.36. The van der Waals surface area contributed by atoms with Crippen molar-refractivity contribution in [3.8, 4) is 5.69 Å². The number of nitrogens with zero attached hydrogens (tertiary/aromatic N) is 3. The number of ether oxygens (including phenoxy) is 1. The van der Waals surface area contributed by atoms with Crippen LogP contribution in [0.2, 0.25) is 0 Å². The Balaban J connectivity index is 2.14. The van der Waals surface area contributed by atoms with E-state index in [1.54, 1.807) is 30.0 Å². The maximum absolute atomic E-state index is 11.8. The van der Waals surface area contributed by atoms with Crippen LogP contribution >= 0.6 is 0 Å². The van der Waals surface area contributed by atoms with Gasteiger partial charge in [-0.2, -0.15) is 0 Å². The second-order valence-corrected chi connectivity index (χ2v) is 6.04. The molecule has 1 saturated carbocycles. The molecule has 126 valence electrons. The van der Waals surface area contributed by atoms with E-state index in [-0.39, 0.29) is 11.3 Å². The van der Waals surface area contributed by atoms with E-state index in [0.29, 0.717) is 17.2 Å². The first-order chi connectivity index (χ1) is 11.5. The van der Waals surface area contributed by atoms with Gasteiger partial charge < -0.3 is 4.74 Å². The minimum absolute atomic E-state index is 0.127. The molecule has 0 atom stereocenters. The summed E-state index contributed by atoms with van der Waals surface area (Å²) in [4.78, 5) is 27.3. The van der Waals surface area contributed by atoms with Crippen LogP contribution in [0.5, 0.6) is 0 Å².